The third-order valence-corrected chi connectivity index (χ3v) is 8.89. The number of halogens is 1. The summed E-state index contributed by atoms with van der Waals surface area (Å²) in [6, 6.07) is 20.5. The monoisotopic (exact) mass is 547 g/mol. The molecule has 1 fully saturated rings. The topological polar surface area (TPSA) is 110 Å². The maximum absolute atomic E-state index is 13.3. The number of piperidine rings is 1. The quantitative estimate of drug-likeness (QED) is 0.290. The van der Waals surface area contributed by atoms with Crippen LogP contribution in [0, 0.1) is 11.7 Å². The van der Waals surface area contributed by atoms with Crippen LogP contribution in [0.15, 0.2) is 83.9 Å². The average Bonchev–Trinajstić information content (AvgIpc) is 2.95. The van der Waals surface area contributed by atoms with Crippen molar-refractivity contribution in [3.63, 3.8) is 0 Å². The molecule has 0 amide bonds. The molecule has 0 saturated carbocycles. The van der Waals surface area contributed by atoms with Crippen molar-refractivity contribution < 1.29 is 17.5 Å². The summed E-state index contributed by atoms with van der Waals surface area (Å²) in [7, 11) is -2.00. The number of nitrogens with two attached hydrogens (primary N) is 1. The standard InChI is InChI=1S/C29H30FN5O3S/c1-38-25-8-3-21(4-9-25)28-12-15-32-29(34-28)33-24-6-10-26(11-7-24)39(36,37)35-16-13-20(14-17-35)18-22-2-5-23(30)19-27(22)31/h2-12,15,19-20H,13-14,16-18,31H2,1H3,(H,32,33,34). The van der Waals surface area contributed by atoms with E-state index in [9.17, 15) is 12.8 Å². The number of nitrogen functional groups attached to an aromatic ring is 1. The minimum absolute atomic E-state index is 0.238. The van der Waals surface area contributed by atoms with Crippen LogP contribution in [0.4, 0.5) is 21.7 Å². The highest BCUT2D eigenvalue weighted by molar-refractivity contribution is 7.89. The summed E-state index contributed by atoms with van der Waals surface area (Å²) >= 11 is 0. The second-order valence-corrected chi connectivity index (χ2v) is 11.5. The average molecular weight is 548 g/mol. The van der Waals surface area contributed by atoms with Gasteiger partial charge in [-0.2, -0.15) is 4.31 Å². The molecular weight excluding hydrogens is 517 g/mol. The summed E-state index contributed by atoms with van der Waals surface area (Å²) < 4.78 is 46.6. The molecule has 1 aliphatic rings. The van der Waals surface area contributed by atoms with Crippen molar-refractivity contribution in [2.75, 3.05) is 31.2 Å². The summed E-state index contributed by atoms with van der Waals surface area (Å²) in [5, 5.41) is 3.14. The van der Waals surface area contributed by atoms with Gasteiger partial charge in [-0.3, -0.25) is 0 Å². The maximum Gasteiger partial charge on any atom is 0.243 e. The number of hydrogen-bond donors (Lipinski definition) is 2. The first kappa shape index (κ1) is 26.6. The summed E-state index contributed by atoms with van der Waals surface area (Å²) in [5.41, 5.74) is 9.65. The zero-order valence-electron chi connectivity index (χ0n) is 21.5. The Hall–Kier alpha value is -4.02. The Labute approximate surface area is 227 Å². The first-order valence-corrected chi connectivity index (χ1v) is 14.1. The molecule has 3 N–H and O–H groups in total. The van der Waals surface area contributed by atoms with E-state index in [1.54, 1.807) is 43.6 Å². The molecule has 1 saturated heterocycles. The molecule has 1 aromatic heterocycles. The minimum atomic E-state index is -3.62. The molecule has 10 heteroatoms. The minimum Gasteiger partial charge on any atom is -0.497 e. The number of hydrogen-bond acceptors (Lipinski definition) is 7. The van der Waals surface area contributed by atoms with E-state index in [0.29, 0.717) is 42.8 Å². The zero-order valence-corrected chi connectivity index (χ0v) is 22.4. The van der Waals surface area contributed by atoms with Crippen molar-refractivity contribution in [2.45, 2.75) is 24.2 Å². The van der Waals surface area contributed by atoms with Crippen LogP contribution in [0.1, 0.15) is 18.4 Å². The van der Waals surface area contributed by atoms with Crippen LogP contribution >= 0.6 is 0 Å². The molecule has 0 radical (unpaired) electrons. The van der Waals surface area contributed by atoms with E-state index in [1.807, 2.05) is 30.3 Å². The molecule has 0 bridgehead atoms. The van der Waals surface area contributed by atoms with Gasteiger partial charge < -0.3 is 15.8 Å². The first-order chi connectivity index (χ1) is 18.8. The van der Waals surface area contributed by atoms with Crippen molar-refractivity contribution >= 4 is 27.3 Å². The largest absolute Gasteiger partial charge is 0.497 e. The van der Waals surface area contributed by atoms with Crippen LogP contribution in [0.5, 0.6) is 5.75 Å². The van der Waals surface area contributed by atoms with Gasteiger partial charge in [-0.1, -0.05) is 6.07 Å². The SMILES string of the molecule is COc1ccc(-c2ccnc(Nc3ccc(S(=O)(=O)N4CCC(Cc5ccc(F)cc5N)CC4)cc3)n2)cc1. The Morgan fingerprint density at radius 1 is 1.03 bits per heavy atom. The lowest BCUT2D eigenvalue weighted by molar-refractivity contribution is 0.273. The smallest absolute Gasteiger partial charge is 0.243 e. The Kier molecular flexibility index (Phi) is 7.76. The molecule has 3 aromatic carbocycles. The Morgan fingerprint density at radius 3 is 2.41 bits per heavy atom. The van der Waals surface area contributed by atoms with Crippen LogP contribution < -0.4 is 15.8 Å². The van der Waals surface area contributed by atoms with Crippen molar-refractivity contribution in [3.05, 3.63) is 90.4 Å². The fourth-order valence-corrected chi connectivity index (χ4v) is 6.22. The molecule has 1 aliphatic heterocycles. The van der Waals surface area contributed by atoms with Crippen LogP contribution in [0.2, 0.25) is 0 Å². The molecule has 202 valence electrons. The molecule has 2 heterocycles. The van der Waals surface area contributed by atoms with Crippen LogP contribution in [-0.2, 0) is 16.4 Å². The van der Waals surface area contributed by atoms with Crippen molar-refractivity contribution in [2.24, 2.45) is 5.92 Å². The van der Waals surface area contributed by atoms with Gasteiger partial charge in [-0.25, -0.2) is 22.8 Å². The van der Waals surface area contributed by atoms with E-state index in [-0.39, 0.29) is 10.7 Å². The third kappa shape index (κ3) is 6.18. The van der Waals surface area contributed by atoms with Crippen LogP contribution in [0.25, 0.3) is 11.3 Å². The molecular formula is C29H30FN5O3S. The Bertz CT molecular complexity index is 1540. The number of methoxy groups -OCH3 is 1. The summed E-state index contributed by atoms with van der Waals surface area (Å²) in [6.45, 7) is 0.861. The Morgan fingerprint density at radius 2 is 1.74 bits per heavy atom. The van der Waals surface area contributed by atoms with E-state index >= 15 is 0 Å². The lowest BCUT2D eigenvalue weighted by Crippen LogP contribution is -2.38. The van der Waals surface area contributed by atoms with Gasteiger partial charge in [0.05, 0.1) is 17.7 Å². The highest BCUT2D eigenvalue weighted by Gasteiger charge is 2.29. The number of anilines is 3. The maximum atomic E-state index is 13.3. The second kappa shape index (κ2) is 11.4. The van der Waals surface area contributed by atoms with Crippen LogP contribution in [0.3, 0.4) is 0 Å². The molecule has 8 nitrogen and oxygen atoms in total. The molecule has 0 spiro atoms. The van der Waals surface area contributed by atoms with E-state index in [4.69, 9.17) is 10.5 Å². The van der Waals surface area contributed by atoms with E-state index in [0.717, 1.165) is 35.4 Å². The molecule has 39 heavy (non-hydrogen) atoms. The number of aromatic nitrogens is 2. The van der Waals surface area contributed by atoms with Gasteiger partial charge in [0, 0.05) is 36.2 Å². The van der Waals surface area contributed by atoms with E-state index in [2.05, 4.69) is 15.3 Å². The second-order valence-electron chi connectivity index (χ2n) is 9.54. The number of nitrogens with zero attached hydrogens (tertiary/aromatic N) is 3. The summed E-state index contributed by atoms with van der Waals surface area (Å²) in [6.07, 6.45) is 3.82. The number of rotatable bonds is 8. The Balaban J connectivity index is 1.20. The summed E-state index contributed by atoms with van der Waals surface area (Å²) in [5.74, 6) is 1.11. The number of ether oxygens (including phenoxy) is 1. The number of benzene rings is 3. The van der Waals surface area contributed by atoms with E-state index in [1.165, 1.54) is 16.4 Å². The number of sulfonamides is 1. The van der Waals surface area contributed by atoms with Crippen LogP contribution in [-0.4, -0.2) is 42.9 Å². The van der Waals surface area contributed by atoms with Gasteiger partial charge in [-0.15, -0.1) is 0 Å². The number of nitrogens with one attached hydrogen (secondary N) is 1. The van der Waals surface area contributed by atoms with Gasteiger partial charge in [-0.05, 0) is 97.5 Å². The normalized spacial score (nSPS) is 14.7. The van der Waals surface area contributed by atoms with Gasteiger partial charge in [0.1, 0.15) is 11.6 Å². The molecule has 0 atom stereocenters. The predicted octanol–water partition coefficient (Wildman–Crippen LogP) is 5.26. The first-order valence-electron chi connectivity index (χ1n) is 12.7. The predicted molar refractivity (Wildman–Crippen MR) is 150 cm³/mol. The van der Waals surface area contributed by atoms with Gasteiger partial charge >= 0.3 is 0 Å². The zero-order chi connectivity index (χ0) is 27.4. The van der Waals surface area contributed by atoms with Gasteiger partial charge in [0.25, 0.3) is 0 Å². The molecule has 5 rings (SSSR count). The third-order valence-electron chi connectivity index (χ3n) is 6.98. The highest BCUT2D eigenvalue weighted by atomic mass is 32.2. The van der Waals surface area contributed by atoms with E-state index < -0.39 is 10.0 Å². The van der Waals surface area contributed by atoms with Gasteiger partial charge in [0.15, 0.2) is 0 Å². The fourth-order valence-electron chi connectivity index (χ4n) is 4.75. The van der Waals surface area contributed by atoms with Crippen molar-refractivity contribution in [3.8, 4) is 17.0 Å². The lowest BCUT2D eigenvalue weighted by Gasteiger charge is -2.31. The van der Waals surface area contributed by atoms with Crippen molar-refractivity contribution in [1.82, 2.24) is 14.3 Å². The lowest BCUT2D eigenvalue weighted by atomic mass is 9.90. The molecule has 0 aliphatic carbocycles. The highest BCUT2D eigenvalue weighted by Crippen LogP contribution is 2.29. The fraction of sp³-hybridized carbons (Fsp3) is 0.241. The van der Waals surface area contributed by atoms with Crippen molar-refractivity contribution in [1.29, 1.82) is 0 Å². The molecule has 4 aromatic rings. The molecule has 0 unspecified atom stereocenters. The van der Waals surface area contributed by atoms with Gasteiger partial charge in [0.2, 0.25) is 16.0 Å². The summed E-state index contributed by atoms with van der Waals surface area (Å²) in [4.78, 5) is 9.09.